The molecule has 0 unspecified atom stereocenters. The van der Waals surface area contributed by atoms with Gasteiger partial charge in [0.25, 0.3) is 0 Å². The van der Waals surface area contributed by atoms with Crippen molar-refractivity contribution in [2.24, 2.45) is 0 Å². The van der Waals surface area contributed by atoms with E-state index >= 15 is 0 Å². The van der Waals surface area contributed by atoms with Crippen LogP contribution in [0.5, 0.6) is 11.5 Å². The first-order valence-corrected chi connectivity index (χ1v) is 8.33. The average molecular weight is 450 g/mol. The standard InChI is InChI=1S/C14H8F6O2Te/c15-13(16,17)21-9-1-5-11(6-2-9)23-12-7-3-10(4-8-12)22-14(18,19)20/h1-8H. The zero-order chi connectivity index (χ0) is 17.1. The van der Waals surface area contributed by atoms with E-state index in [0.717, 1.165) is 7.22 Å². The third-order valence-electron chi connectivity index (χ3n) is 2.35. The topological polar surface area (TPSA) is 18.5 Å². The summed E-state index contributed by atoms with van der Waals surface area (Å²) in [7, 11) is 0. The van der Waals surface area contributed by atoms with Crippen LogP contribution in [0.25, 0.3) is 0 Å². The number of alkyl halides is 6. The molecule has 0 aliphatic rings. The zero-order valence-corrected chi connectivity index (χ0v) is 13.4. The number of rotatable bonds is 4. The number of halogens is 6. The van der Waals surface area contributed by atoms with Gasteiger partial charge in [0.15, 0.2) is 0 Å². The van der Waals surface area contributed by atoms with Crippen LogP contribution in [0.3, 0.4) is 0 Å². The van der Waals surface area contributed by atoms with Crippen molar-refractivity contribution in [3.05, 3.63) is 48.5 Å². The van der Waals surface area contributed by atoms with E-state index in [1.807, 2.05) is 0 Å². The fourth-order valence-electron chi connectivity index (χ4n) is 1.55. The minimum atomic E-state index is -4.74. The molecular weight excluding hydrogens is 442 g/mol. The summed E-state index contributed by atoms with van der Waals surface area (Å²) in [6.45, 7) is 0. The Hall–Kier alpha value is -1.59. The van der Waals surface area contributed by atoms with Crippen LogP contribution in [0.2, 0.25) is 0 Å². The first-order chi connectivity index (χ1) is 10.6. The van der Waals surface area contributed by atoms with Crippen LogP contribution in [-0.2, 0) is 0 Å². The van der Waals surface area contributed by atoms with Crippen molar-refractivity contribution in [3.8, 4) is 11.5 Å². The summed E-state index contributed by atoms with van der Waals surface area (Å²) in [6, 6.07) is 10.8. The van der Waals surface area contributed by atoms with Crippen LogP contribution in [0.4, 0.5) is 26.3 Å². The summed E-state index contributed by atoms with van der Waals surface area (Å²) in [4.78, 5) is 0. The van der Waals surface area contributed by atoms with Crippen molar-refractivity contribution in [2.45, 2.75) is 12.7 Å². The Morgan fingerprint density at radius 2 is 0.870 bits per heavy atom. The summed E-state index contributed by atoms with van der Waals surface area (Å²) in [5.74, 6) is -0.634. The van der Waals surface area contributed by atoms with E-state index in [4.69, 9.17) is 0 Å². The summed E-state index contributed by atoms with van der Waals surface area (Å²) < 4.78 is 81.4. The summed E-state index contributed by atoms with van der Waals surface area (Å²) in [5.41, 5.74) is 0. The van der Waals surface area contributed by atoms with Gasteiger partial charge in [-0.15, -0.1) is 0 Å². The molecule has 0 atom stereocenters. The molecule has 0 radical (unpaired) electrons. The monoisotopic (exact) mass is 452 g/mol. The molecule has 2 aromatic rings. The first-order valence-electron chi connectivity index (χ1n) is 6.00. The van der Waals surface area contributed by atoms with Crippen LogP contribution in [-0.4, -0.2) is 33.6 Å². The Morgan fingerprint density at radius 1 is 0.565 bits per heavy atom. The van der Waals surface area contributed by atoms with Gasteiger partial charge in [-0.2, -0.15) is 0 Å². The van der Waals surface area contributed by atoms with Gasteiger partial charge < -0.3 is 0 Å². The number of benzene rings is 2. The summed E-state index contributed by atoms with van der Waals surface area (Å²) >= 11 is -0.936. The Morgan fingerprint density at radius 3 is 1.13 bits per heavy atom. The quantitative estimate of drug-likeness (QED) is 0.527. The van der Waals surface area contributed by atoms with Gasteiger partial charge in [0, 0.05) is 0 Å². The predicted octanol–water partition coefficient (Wildman–Crippen LogP) is 3.14. The molecule has 0 amide bonds. The third-order valence-corrected chi connectivity index (χ3v) is 5.25. The first kappa shape index (κ1) is 17.8. The second-order valence-corrected chi connectivity index (χ2v) is 7.41. The molecule has 23 heavy (non-hydrogen) atoms. The molecule has 124 valence electrons. The fourth-order valence-corrected chi connectivity index (χ4v) is 3.89. The van der Waals surface area contributed by atoms with Crippen LogP contribution in [0.1, 0.15) is 0 Å². The van der Waals surface area contributed by atoms with Crippen molar-refractivity contribution in [1.29, 1.82) is 0 Å². The molecule has 0 N–H and O–H groups in total. The van der Waals surface area contributed by atoms with Crippen LogP contribution >= 0.6 is 0 Å². The molecule has 0 spiro atoms. The second-order valence-electron chi connectivity index (χ2n) is 4.14. The molecule has 2 rings (SSSR count). The van der Waals surface area contributed by atoms with E-state index in [1.54, 1.807) is 0 Å². The van der Waals surface area contributed by atoms with E-state index in [1.165, 1.54) is 48.5 Å². The molecule has 0 heterocycles. The van der Waals surface area contributed by atoms with E-state index in [0.29, 0.717) is 0 Å². The van der Waals surface area contributed by atoms with Crippen LogP contribution in [0, 0.1) is 0 Å². The molecule has 0 aliphatic heterocycles. The number of ether oxygens (including phenoxy) is 2. The van der Waals surface area contributed by atoms with Gasteiger partial charge in [0.1, 0.15) is 0 Å². The Kier molecular flexibility index (Phi) is 5.32. The molecule has 0 aromatic heterocycles. The third kappa shape index (κ3) is 6.59. The zero-order valence-electron chi connectivity index (χ0n) is 11.1. The summed E-state index contributed by atoms with van der Waals surface area (Å²) in [6.07, 6.45) is -9.49. The van der Waals surface area contributed by atoms with Crippen LogP contribution in [0.15, 0.2) is 48.5 Å². The van der Waals surface area contributed by atoms with Gasteiger partial charge in [0.05, 0.1) is 0 Å². The van der Waals surface area contributed by atoms with E-state index in [-0.39, 0.29) is 11.5 Å². The Balaban J connectivity index is 1.99. The average Bonchev–Trinajstić information content (AvgIpc) is 2.40. The minimum absolute atomic E-state index is 0.317. The SMILES string of the molecule is FC(F)(F)Oc1ccc([Te]c2ccc(OC(F)(F)F)cc2)cc1. The van der Waals surface area contributed by atoms with Crippen molar-refractivity contribution < 1.29 is 35.8 Å². The van der Waals surface area contributed by atoms with E-state index < -0.39 is 33.6 Å². The molecule has 0 bridgehead atoms. The van der Waals surface area contributed by atoms with Gasteiger partial charge in [-0.05, 0) is 0 Å². The summed E-state index contributed by atoms with van der Waals surface area (Å²) in [5, 5.41) is 0. The van der Waals surface area contributed by atoms with Gasteiger partial charge in [-0.25, -0.2) is 0 Å². The van der Waals surface area contributed by atoms with Crippen molar-refractivity contribution in [3.63, 3.8) is 0 Å². The molecule has 0 fully saturated rings. The van der Waals surface area contributed by atoms with Gasteiger partial charge >= 0.3 is 137 Å². The van der Waals surface area contributed by atoms with Crippen molar-refractivity contribution >= 4 is 28.1 Å². The van der Waals surface area contributed by atoms with Gasteiger partial charge in [0.2, 0.25) is 0 Å². The van der Waals surface area contributed by atoms with E-state index in [2.05, 4.69) is 9.47 Å². The Labute approximate surface area is 137 Å². The molecule has 2 nitrogen and oxygen atoms in total. The van der Waals surface area contributed by atoms with Gasteiger partial charge in [-0.1, -0.05) is 0 Å². The maximum atomic E-state index is 12.0. The van der Waals surface area contributed by atoms with Crippen molar-refractivity contribution in [1.82, 2.24) is 0 Å². The van der Waals surface area contributed by atoms with Gasteiger partial charge in [-0.3, -0.25) is 0 Å². The fraction of sp³-hybridized carbons (Fsp3) is 0.143. The number of hydrogen-bond acceptors (Lipinski definition) is 2. The molecule has 0 aliphatic carbocycles. The molecule has 2 aromatic carbocycles. The van der Waals surface area contributed by atoms with E-state index in [9.17, 15) is 26.3 Å². The molecule has 0 saturated carbocycles. The molecule has 0 saturated heterocycles. The maximum absolute atomic E-state index is 12.0. The Bertz CT molecular complexity index is 577. The number of hydrogen-bond donors (Lipinski definition) is 0. The molecular formula is C14H8F6O2Te. The second kappa shape index (κ2) is 6.89. The normalized spacial score (nSPS) is 12.1. The predicted molar refractivity (Wildman–Crippen MR) is 71.3 cm³/mol. The van der Waals surface area contributed by atoms with Crippen LogP contribution < -0.4 is 16.7 Å². The molecule has 9 heteroatoms. The van der Waals surface area contributed by atoms with Crippen molar-refractivity contribution in [2.75, 3.05) is 0 Å².